The molecule has 0 saturated heterocycles. The van der Waals surface area contributed by atoms with E-state index in [1.807, 2.05) is 36.4 Å². The molecule has 6 heteroatoms. The van der Waals surface area contributed by atoms with Crippen LogP contribution >= 0.6 is 35.1 Å². The standard InChI is InChI=1S/C16H13ClN2OS2/c17-12-5-7-13(8-6-12)22-11-16(20)19-14-3-1-2-4-15(14)21-10-9-18/h1-8H,10-11H2,(H,19,20). The Morgan fingerprint density at radius 2 is 1.86 bits per heavy atom. The number of nitriles is 1. The fourth-order valence-electron chi connectivity index (χ4n) is 1.67. The molecular formula is C16H13ClN2OS2. The van der Waals surface area contributed by atoms with Gasteiger partial charge in [0.15, 0.2) is 0 Å². The number of thioether (sulfide) groups is 2. The lowest BCUT2D eigenvalue weighted by atomic mass is 10.3. The van der Waals surface area contributed by atoms with E-state index >= 15 is 0 Å². The highest BCUT2D eigenvalue weighted by molar-refractivity contribution is 8.00. The number of nitrogens with one attached hydrogen (secondary N) is 1. The van der Waals surface area contributed by atoms with Crippen LogP contribution in [0.2, 0.25) is 5.02 Å². The van der Waals surface area contributed by atoms with Crippen LogP contribution in [0.25, 0.3) is 0 Å². The summed E-state index contributed by atoms with van der Waals surface area (Å²) in [6, 6.07) is 16.9. The lowest BCUT2D eigenvalue weighted by Gasteiger charge is -2.09. The smallest absolute Gasteiger partial charge is 0.234 e. The van der Waals surface area contributed by atoms with E-state index in [2.05, 4.69) is 11.4 Å². The van der Waals surface area contributed by atoms with Gasteiger partial charge < -0.3 is 5.32 Å². The van der Waals surface area contributed by atoms with Crippen LogP contribution in [0.5, 0.6) is 0 Å². The first-order valence-corrected chi connectivity index (χ1v) is 8.81. The molecule has 0 radical (unpaired) electrons. The van der Waals surface area contributed by atoms with Gasteiger partial charge in [-0.25, -0.2) is 0 Å². The molecule has 2 aromatic carbocycles. The van der Waals surface area contributed by atoms with Crippen molar-refractivity contribution in [1.82, 2.24) is 0 Å². The van der Waals surface area contributed by atoms with Gasteiger partial charge in [-0.05, 0) is 36.4 Å². The highest BCUT2D eigenvalue weighted by Gasteiger charge is 2.07. The molecular weight excluding hydrogens is 336 g/mol. The van der Waals surface area contributed by atoms with Crippen molar-refractivity contribution in [1.29, 1.82) is 5.26 Å². The third-order valence-electron chi connectivity index (χ3n) is 2.64. The molecule has 0 unspecified atom stereocenters. The summed E-state index contributed by atoms with van der Waals surface area (Å²) in [6.45, 7) is 0. The van der Waals surface area contributed by atoms with E-state index < -0.39 is 0 Å². The number of para-hydroxylation sites is 1. The van der Waals surface area contributed by atoms with Gasteiger partial charge in [-0.3, -0.25) is 4.79 Å². The van der Waals surface area contributed by atoms with Crippen molar-refractivity contribution in [3.05, 3.63) is 53.6 Å². The molecule has 1 N–H and O–H groups in total. The average molecular weight is 349 g/mol. The second-order valence-corrected chi connectivity index (χ2v) is 6.74. The second-order valence-electron chi connectivity index (χ2n) is 4.23. The highest BCUT2D eigenvalue weighted by Crippen LogP contribution is 2.27. The van der Waals surface area contributed by atoms with Gasteiger partial charge >= 0.3 is 0 Å². The van der Waals surface area contributed by atoms with E-state index in [9.17, 15) is 4.79 Å². The van der Waals surface area contributed by atoms with Crippen molar-refractivity contribution in [3.8, 4) is 6.07 Å². The van der Waals surface area contributed by atoms with E-state index in [4.69, 9.17) is 16.9 Å². The molecule has 0 aliphatic heterocycles. The number of hydrogen-bond acceptors (Lipinski definition) is 4. The normalized spacial score (nSPS) is 10.0. The van der Waals surface area contributed by atoms with Crippen LogP contribution in [-0.2, 0) is 4.79 Å². The first kappa shape index (κ1) is 16.8. The van der Waals surface area contributed by atoms with Crippen LogP contribution in [0.4, 0.5) is 5.69 Å². The SMILES string of the molecule is N#CCSc1ccccc1NC(=O)CSc1ccc(Cl)cc1. The van der Waals surface area contributed by atoms with E-state index in [0.717, 1.165) is 15.5 Å². The number of anilines is 1. The van der Waals surface area contributed by atoms with E-state index in [1.165, 1.54) is 23.5 Å². The lowest BCUT2D eigenvalue weighted by Crippen LogP contribution is -2.14. The lowest BCUT2D eigenvalue weighted by molar-refractivity contribution is -0.113. The topological polar surface area (TPSA) is 52.9 Å². The molecule has 0 bridgehead atoms. The molecule has 22 heavy (non-hydrogen) atoms. The van der Waals surface area contributed by atoms with Crippen LogP contribution in [0, 0.1) is 11.3 Å². The van der Waals surface area contributed by atoms with Crippen LogP contribution < -0.4 is 5.32 Å². The average Bonchev–Trinajstić information content (AvgIpc) is 2.53. The Labute approximate surface area is 143 Å². The number of carbonyl (C=O) groups is 1. The van der Waals surface area contributed by atoms with Crippen molar-refractivity contribution in [3.63, 3.8) is 0 Å². The van der Waals surface area contributed by atoms with Crippen LogP contribution in [0.3, 0.4) is 0 Å². The van der Waals surface area contributed by atoms with Gasteiger partial charge in [-0.1, -0.05) is 23.7 Å². The molecule has 1 amide bonds. The highest BCUT2D eigenvalue weighted by atomic mass is 35.5. The molecule has 112 valence electrons. The zero-order valence-corrected chi connectivity index (χ0v) is 14.0. The third-order valence-corrected chi connectivity index (χ3v) is 4.84. The minimum atomic E-state index is -0.0787. The Kier molecular flexibility index (Phi) is 6.66. The molecule has 3 nitrogen and oxygen atoms in total. The molecule has 0 heterocycles. The molecule has 0 spiro atoms. The first-order chi connectivity index (χ1) is 10.7. The molecule has 0 aromatic heterocycles. The number of rotatable bonds is 6. The quantitative estimate of drug-likeness (QED) is 0.769. The summed E-state index contributed by atoms with van der Waals surface area (Å²) >= 11 is 8.69. The van der Waals surface area contributed by atoms with Crippen molar-refractivity contribution >= 4 is 46.7 Å². The number of benzene rings is 2. The molecule has 2 aromatic rings. The summed E-state index contributed by atoms with van der Waals surface area (Å²) in [6.07, 6.45) is 0. The number of halogens is 1. The zero-order valence-electron chi connectivity index (χ0n) is 11.6. The maximum Gasteiger partial charge on any atom is 0.234 e. The molecule has 0 fully saturated rings. The van der Waals surface area contributed by atoms with Gasteiger partial charge in [0.2, 0.25) is 5.91 Å². The largest absolute Gasteiger partial charge is 0.324 e. The fraction of sp³-hybridized carbons (Fsp3) is 0.125. The Morgan fingerprint density at radius 1 is 1.14 bits per heavy atom. The second kappa shape index (κ2) is 8.74. The Morgan fingerprint density at radius 3 is 2.59 bits per heavy atom. The van der Waals surface area contributed by atoms with Crippen molar-refractivity contribution in [2.45, 2.75) is 9.79 Å². The summed E-state index contributed by atoms with van der Waals surface area (Å²) in [5.41, 5.74) is 0.740. The summed E-state index contributed by atoms with van der Waals surface area (Å²) < 4.78 is 0. The van der Waals surface area contributed by atoms with Crippen LogP contribution in [0.1, 0.15) is 0 Å². The molecule has 0 atom stereocenters. The van der Waals surface area contributed by atoms with Crippen LogP contribution in [-0.4, -0.2) is 17.4 Å². The van der Waals surface area contributed by atoms with Crippen molar-refractivity contribution in [2.75, 3.05) is 16.8 Å². The minimum absolute atomic E-state index is 0.0787. The predicted molar refractivity (Wildman–Crippen MR) is 93.6 cm³/mol. The maximum absolute atomic E-state index is 12.0. The van der Waals surface area contributed by atoms with Crippen molar-refractivity contribution < 1.29 is 4.79 Å². The van der Waals surface area contributed by atoms with Gasteiger partial charge in [0, 0.05) is 14.8 Å². The van der Waals surface area contributed by atoms with E-state index in [1.54, 1.807) is 12.1 Å². The minimum Gasteiger partial charge on any atom is -0.324 e. The molecule has 0 aliphatic carbocycles. The number of hydrogen-bond donors (Lipinski definition) is 1. The maximum atomic E-state index is 12.0. The van der Waals surface area contributed by atoms with Gasteiger partial charge in [0.05, 0.1) is 23.3 Å². The summed E-state index contributed by atoms with van der Waals surface area (Å²) in [5.74, 6) is 0.593. The molecule has 0 aliphatic rings. The van der Waals surface area contributed by atoms with Gasteiger partial charge in [-0.15, -0.1) is 23.5 Å². The number of carbonyl (C=O) groups excluding carboxylic acids is 1. The predicted octanol–water partition coefficient (Wildman–Crippen LogP) is 4.69. The number of nitrogens with zero attached hydrogens (tertiary/aromatic N) is 1. The molecule has 0 saturated carbocycles. The Balaban J connectivity index is 1.92. The summed E-state index contributed by atoms with van der Waals surface area (Å²) in [5, 5.41) is 12.2. The van der Waals surface area contributed by atoms with Gasteiger partial charge in [0.1, 0.15) is 0 Å². The third kappa shape index (κ3) is 5.30. The van der Waals surface area contributed by atoms with Gasteiger partial charge in [0.25, 0.3) is 0 Å². The number of amides is 1. The van der Waals surface area contributed by atoms with Crippen LogP contribution in [0.15, 0.2) is 58.3 Å². The zero-order chi connectivity index (χ0) is 15.8. The monoisotopic (exact) mass is 348 g/mol. The van der Waals surface area contributed by atoms with Gasteiger partial charge in [-0.2, -0.15) is 5.26 Å². The Bertz CT molecular complexity index is 683. The Hall–Kier alpha value is -1.61. The molecule has 2 rings (SSSR count). The summed E-state index contributed by atoms with van der Waals surface area (Å²) in [7, 11) is 0. The first-order valence-electron chi connectivity index (χ1n) is 6.46. The fourth-order valence-corrected chi connectivity index (χ4v) is 3.17. The van der Waals surface area contributed by atoms with E-state index in [0.29, 0.717) is 16.5 Å². The van der Waals surface area contributed by atoms with Crippen molar-refractivity contribution in [2.24, 2.45) is 0 Å². The summed E-state index contributed by atoms with van der Waals surface area (Å²) in [4.78, 5) is 13.9. The van der Waals surface area contributed by atoms with E-state index in [-0.39, 0.29) is 5.91 Å².